The van der Waals surface area contributed by atoms with Gasteiger partial charge < -0.3 is 15.0 Å². The molecule has 2 aromatic rings. The Labute approximate surface area is 156 Å². The van der Waals surface area contributed by atoms with Crippen molar-refractivity contribution in [2.75, 3.05) is 12.3 Å². The Morgan fingerprint density at radius 1 is 1.16 bits per heavy atom. The second-order valence-electron chi connectivity index (χ2n) is 5.78. The van der Waals surface area contributed by atoms with Crippen LogP contribution in [-0.4, -0.2) is 22.9 Å². The summed E-state index contributed by atoms with van der Waals surface area (Å²) in [5.41, 5.74) is 8.31. The van der Waals surface area contributed by atoms with Crippen molar-refractivity contribution >= 4 is 40.6 Å². The summed E-state index contributed by atoms with van der Waals surface area (Å²) < 4.78 is 7.18. The van der Waals surface area contributed by atoms with Crippen LogP contribution in [0.4, 0.5) is 5.69 Å². The third-order valence-electron chi connectivity index (χ3n) is 3.97. The molecule has 2 N–H and O–H groups in total. The summed E-state index contributed by atoms with van der Waals surface area (Å²) in [5.74, 6) is -1.01. The lowest BCUT2D eigenvalue weighted by Crippen LogP contribution is -2.16. The predicted molar refractivity (Wildman–Crippen MR) is 99.7 cm³/mol. The van der Waals surface area contributed by atoms with Gasteiger partial charge in [0.2, 0.25) is 5.78 Å². The number of halogens is 2. The number of nitrogens with two attached hydrogens (primary N) is 1. The lowest BCUT2D eigenvalue weighted by molar-refractivity contribution is 0.0475. The monoisotopic (exact) mass is 382 g/mol. The highest BCUT2D eigenvalue weighted by molar-refractivity contribution is 6.37. The van der Waals surface area contributed by atoms with Gasteiger partial charge in [-0.3, -0.25) is 4.79 Å². The van der Waals surface area contributed by atoms with Crippen molar-refractivity contribution in [2.45, 2.75) is 33.7 Å². The number of aromatic nitrogens is 1. The van der Waals surface area contributed by atoms with Crippen molar-refractivity contribution in [3.05, 3.63) is 50.8 Å². The maximum absolute atomic E-state index is 12.4. The van der Waals surface area contributed by atoms with E-state index in [0.29, 0.717) is 5.56 Å². The van der Waals surface area contributed by atoms with Gasteiger partial charge in [0.05, 0.1) is 16.3 Å². The summed E-state index contributed by atoms with van der Waals surface area (Å²) in [4.78, 5) is 24.6. The Morgan fingerprint density at radius 2 is 1.84 bits per heavy atom. The highest BCUT2D eigenvalue weighted by atomic mass is 35.5. The van der Waals surface area contributed by atoms with Gasteiger partial charge in [-0.05, 0) is 38.5 Å². The quantitative estimate of drug-likeness (QED) is 0.455. The Kier molecular flexibility index (Phi) is 6.14. The van der Waals surface area contributed by atoms with Crippen molar-refractivity contribution < 1.29 is 14.3 Å². The number of ketones is 1. The fourth-order valence-corrected chi connectivity index (χ4v) is 3.18. The van der Waals surface area contributed by atoms with Crippen molar-refractivity contribution in [1.29, 1.82) is 0 Å². The van der Waals surface area contributed by atoms with Crippen molar-refractivity contribution in [1.82, 2.24) is 4.57 Å². The van der Waals surface area contributed by atoms with E-state index in [1.807, 2.05) is 19.9 Å². The first kappa shape index (κ1) is 19.3. The summed E-state index contributed by atoms with van der Waals surface area (Å²) in [6.07, 6.45) is 0.966. The molecule has 134 valence electrons. The number of benzene rings is 1. The van der Waals surface area contributed by atoms with Crippen LogP contribution in [0.25, 0.3) is 0 Å². The molecule has 7 heteroatoms. The van der Waals surface area contributed by atoms with E-state index in [9.17, 15) is 9.59 Å². The standard InChI is InChI=1S/C18H20Cl2N2O3/c1-4-5-22-10(2)6-13(11(22)3)16(23)9-25-18(24)14-7-12(19)8-15(20)17(14)21/h6-8H,4-5,9,21H2,1-3H3. The molecule has 25 heavy (non-hydrogen) atoms. The minimum atomic E-state index is -0.738. The number of carbonyl (C=O) groups excluding carboxylic acids is 2. The number of hydrogen-bond donors (Lipinski definition) is 1. The van der Waals surface area contributed by atoms with Gasteiger partial charge >= 0.3 is 5.97 Å². The van der Waals surface area contributed by atoms with Gasteiger partial charge in [-0.25, -0.2) is 4.79 Å². The summed E-state index contributed by atoms with van der Waals surface area (Å²) >= 11 is 11.8. The highest BCUT2D eigenvalue weighted by Gasteiger charge is 2.19. The second kappa shape index (κ2) is 7.93. The SMILES string of the molecule is CCCn1c(C)cc(C(=O)COC(=O)c2cc(Cl)cc(Cl)c2N)c1C. The number of hydrogen-bond acceptors (Lipinski definition) is 4. The summed E-state index contributed by atoms with van der Waals surface area (Å²) in [7, 11) is 0. The largest absolute Gasteiger partial charge is 0.454 e. The highest BCUT2D eigenvalue weighted by Crippen LogP contribution is 2.28. The predicted octanol–water partition coefficient (Wildman–Crippen LogP) is 4.44. The first-order chi connectivity index (χ1) is 11.8. The molecular weight excluding hydrogens is 363 g/mol. The zero-order chi connectivity index (χ0) is 18.7. The number of aryl methyl sites for hydroxylation is 1. The first-order valence-electron chi connectivity index (χ1n) is 7.87. The van der Waals surface area contributed by atoms with Gasteiger partial charge in [-0.1, -0.05) is 30.1 Å². The van der Waals surface area contributed by atoms with E-state index < -0.39 is 5.97 Å². The van der Waals surface area contributed by atoms with E-state index in [4.69, 9.17) is 33.7 Å². The molecule has 0 aliphatic rings. The molecular formula is C18H20Cl2N2O3. The zero-order valence-electron chi connectivity index (χ0n) is 14.4. The Bertz CT molecular complexity index is 828. The lowest BCUT2D eigenvalue weighted by atomic mass is 10.1. The van der Waals surface area contributed by atoms with Crippen LogP contribution in [0.3, 0.4) is 0 Å². The fourth-order valence-electron chi connectivity index (χ4n) is 2.69. The Balaban J connectivity index is 2.13. The van der Waals surface area contributed by atoms with Gasteiger partial charge in [-0.2, -0.15) is 0 Å². The normalized spacial score (nSPS) is 10.8. The van der Waals surface area contributed by atoms with Gasteiger partial charge in [0.15, 0.2) is 6.61 Å². The minimum absolute atomic E-state index is 0.0433. The summed E-state index contributed by atoms with van der Waals surface area (Å²) in [6.45, 7) is 6.36. The lowest BCUT2D eigenvalue weighted by Gasteiger charge is -2.09. The Hall–Kier alpha value is -1.98. The summed E-state index contributed by atoms with van der Waals surface area (Å²) in [6, 6.07) is 4.61. The number of nitrogens with zero attached hydrogens (tertiary/aromatic N) is 1. The van der Waals surface area contributed by atoms with Crippen molar-refractivity contribution in [3.63, 3.8) is 0 Å². The van der Waals surface area contributed by atoms with Crippen LogP contribution in [0.5, 0.6) is 0 Å². The number of rotatable bonds is 6. The molecule has 0 aliphatic carbocycles. The van der Waals surface area contributed by atoms with E-state index in [1.54, 1.807) is 0 Å². The van der Waals surface area contributed by atoms with E-state index in [1.165, 1.54) is 12.1 Å². The van der Waals surface area contributed by atoms with Crippen LogP contribution in [0.1, 0.15) is 45.4 Å². The third-order valence-corrected chi connectivity index (χ3v) is 4.50. The average Bonchev–Trinajstić information content (AvgIpc) is 2.84. The van der Waals surface area contributed by atoms with E-state index in [-0.39, 0.29) is 33.7 Å². The molecule has 0 spiro atoms. The molecule has 1 aromatic carbocycles. The minimum Gasteiger partial charge on any atom is -0.454 e. The topological polar surface area (TPSA) is 74.3 Å². The van der Waals surface area contributed by atoms with Crippen LogP contribution in [0, 0.1) is 13.8 Å². The number of ether oxygens (including phenoxy) is 1. The first-order valence-corrected chi connectivity index (χ1v) is 8.63. The summed E-state index contributed by atoms with van der Waals surface area (Å²) in [5, 5.41) is 0.425. The molecule has 1 aromatic heterocycles. The van der Waals surface area contributed by atoms with Crippen molar-refractivity contribution in [2.24, 2.45) is 0 Å². The molecule has 0 atom stereocenters. The maximum Gasteiger partial charge on any atom is 0.340 e. The van der Waals surface area contributed by atoms with Crippen LogP contribution in [-0.2, 0) is 11.3 Å². The molecule has 2 rings (SSSR count). The van der Waals surface area contributed by atoms with E-state index in [2.05, 4.69) is 11.5 Å². The molecule has 0 amide bonds. The molecule has 0 unspecified atom stereocenters. The number of carbonyl (C=O) groups is 2. The molecule has 5 nitrogen and oxygen atoms in total. The molecule has 0 bridgehead atoms. The molecule has 1 heterocycles. The van der Waals surface area contributed by atoms with Crippen LogP contribution < -0.4 is 5.73 Å². The smallest absolute Gasteiger partial charge is 0.340 e. The van der Waals surface area contributed by atoms with E-state index in [0.717, 1.165) is 24.4 Å². The molecule has 0 fully saturated rings. The Morgan fingerprint density at radius 3 is 2.48 bits per heavy atom. The number of nitrogen functional groups attached to an aromatic ring is 1. The van der Waals surface area contributed by atoms with Crippen LogP contribution in [0.2, 0.25) is 10.0 Å². The third kappa shape index (κ3) is 4.17. The number of Topliss-reactive ketones (excluding diaryl/α,β-unsaturated/α-hetero) is 1. The van der Waals surface area contributed by atoms with Crippen LogP contribution >= 0.6 is 23.2 Å². The number of anilines is 1. The van der Waals surface area contributed by atoms with E-state index >= 15 is 0 Å². The van der Waals surface area contributed by atoms with Gasteiger partial charge in [0.1, 0.15) is 0 Å². The van der Waals surface area contributed by atoms with Gasteiger partial charge in [-0.15, -0.1) is 0 Å². The second-order valence-corrected chi connectivity index (χ2v) is 6.63. The van der Waals surface area contributed by atoms with Crippen LogP contribution in [0.15, 0.2) is 18.2 Å². The maximum atomic E-state index is 12.4. The molecule has 0 saturated heterocycles. The molecule has 0 aliphatic heterocycles. The average molecular weight is 383 g/mol. The fraction of sp³-hybridized carbons (Fsp3) is 0.333. The zero-order valence-corrected chi connectivity index (χ0v) is 15.9. The van der Waals surface area contributed by atoms with Crippen molar-refractivity contribution in [3.8, 4) is 0 Å². The van der Waals surface area contributed by atoms with Gasteiger partial charge in [0, 0.05) is 28.5 Å². The molecule has 0 saturated carbocycles. The number of esters is 1. The molecule has 0 radical (unpaired) electrons. The van der Waals surface area contributed by atoms with Gasteiger partial charge in [0.25, 0.3) is 0 Å².